The first kappa shape index (κ1) is 15.9. The number of pyridine rings is 1. The minimum absolute atomic E-state index is 0.0327. The fourth-order valence-corrected chi connectivity index (χ4v) is 1.73. The van der Waals surface area contributed by atoms with Crippen molar-refractivity contribution in [1.29, 1.82) is 0 Å². The second-order valence-electron chi connectivity index (χ2n) is 4.22. The molecule has 1 amide bonds. The Bertz CT molecular complexity index is 446. The topological polar surface area (TPSA) is 59.5 Å². The molecule has 0 N–H and O–H groups in total. The van der Waals surface area contributed by atoms with E-state index in [2.05, 4.69) is 11.6 Å². The second-order valence-corrected chi connectivity index (χ2v) is 4.22. The zero-order chi connectivity index (χ0) is 14.8. The highest BCUT2D eigenvalue weighted by Gasteiger charge is 2.16. The molecule has 0 bridgehead atoms. The predicted octanol–water partition coefficient (Wildman–Crippen LogP) is 1.59. The molecule has 0 fully saturated rings. The van der Waals surface area contributed by atoms with Crippen LogP contribution in [0.25, 0.3) is 0 Å². The number of carbonyl (C=O) groups is 2. The van der Waals surface area contributed by atoms with Gasteiger partial charge < -0.3 is 9.64 Å². The molecule has 0 radical (unpaired) electrons. The van der Waals surface area contributed by atoms with Gasteiger partial charge in [0.05, 0.1) is 6.61 Å². The lowest BCUT2D eigenvalue weighted by molar-refractivity contribution is -0.148. The summed E-state index contributed by atoms with van der Waals surface area (Å²) in [5.41, 5.74) is 1.04. The van der Waals surface area contributed by atoms with Crippen molar-refractivity contribution in [3.63, 3.8) is 0 Å². The predicted molar refractivity (Wildman–Crippen MR) is 76.0 cm³/mol. The Labute approximate surface area is 119 Å². The van der Waals surface area contributed by atoms with Gasteiger partial charge in [-0.25, -0.2) is 0 Å². The first-order valence-corrected chi connectivity index (χ1v) is 6.60. The summed E-state index contributed by atoms with van der Waals surface area (Å²) in [4.78, 5) is 28.9. The second kappa shape index (κ2) is 8.85. The highest BCUT2D eigenvalue weighted by atomic mass is 16.5. The minimum Gasteiger partial charge on any atom is -0.465 e. The van der Waals surface area contributed by atoms with Crippen LogP contribution in [0.5, 0.6) is 0 Å². The molecule has 5 nitrogen and oxygen atoms in total. The van der Waals surface area contributed by atoms with E-state index in [4.69, 9.17) is 4.74 Å². The first-order chi connectivity index (χ1) is 9.67. The molecule has 108 valence electrons. The Morgan fingerprint density at radius 3 is 2.70 bits per heavy atom. The van der Waals surface area contributed by atoms with Gasteiger partial charge >= 0.3 is 5.97 Å². The molecule has 0 unspecified atom stereocenters. The molecule has 0 spiro atoms. The number of nitrogens with zero attached hydrogens (tertiary/aromatic N) is 2. The molecule has 0 saturated heterocycles. The van der Waals surface area contributed by atoms with Crippen molar-refractivity contribution in [3.05, 3.63) is 42.7 Å². The number of amides is 1. The van der Waals surface area contributed by atoms with E-state index in [0.717, 1.165) is 5.56 Å². The number of aromatic nitrogens is 1. The molecule has 1 aromatic rings. The monoisotopic (exact) mass is 276 g/mol. The van der Waals surface area contributed by atoms with Crippen molar-refractivity contribution < 1.29 is 14.3 Å². The lowest BCUT2D eigenvalue weighted by Gasteiger charge is -2.20. The molecule has 5 heteroatoms. The van der Waals surface area contributed by atoms with E-state index >= 15 is 0 Å². The Morgan fingerprint density at radius 1 is 1.40 bits per heavy atom. The van der Waals surface area contributed by atoms with Crippen LogP contribution in [0.1, 0.15) is 18.9 Å². The average molecular weight is 276 g/mol. The van der Waals surface area contributed by atoms with Crippen LogP contribution in [0.2, 0.25) is 0 Å². The molecule has 0 aliphatic carbocycles. The maximum absolute atomic E-state index is 12.1. The summed E-state index contributed by atoms with van der Waals surface area (Å²) in [5, 5.41) is 0. The highest BCUT2D eigenvalue weighted by molar-refractivity contribution is 5.82. The van der Waals surface area contributed by atoms with Gasteiger partial charge in [-0.1, -0.05) is 6.08 Å². The van der Waals surface area contributed by atoms with E-state index in [9.17, 15) is 9.59 Å². The Kier molecular flexibility index (Phi) is 7.03. The van der Waals surface area contributed by atoms with Crippen LogP contribution >= 0.6 is 0 Å². The van der Waals surface area contributed by atoms with Crippen molar-refractivity contribution in [2.24, 2.45) is 0 Å². The van der Waals surface area contributed by atoms with Crippen molar-refractivity contribution in [3.8, 4) is 0 Å². The summed E-state index contributed by atoms with van der Waals surface area (Å²) in [7, 11) is 0. The van der Waals surface area contributed by atoms with Gasteiger partial charge in [0.25, 0.3) is 0 Å². The molecule has 0 atom stereocenters. The zero-order valence-corrected chi connectivity index (χ0v) is 11.7. The number of ether oxygens (including phenoxy) is 1. The highest BCUT2D eigenvalue weighted by Crippen LogP contribution is 2.04. The summed E-state index contributed by atoms with van der Waals surface area (Å²) in [6.45, 7) is 5.96. The van der Waals surface area contributed by atoms with E-state index < -0.39 is 5.97 Å². The number of aryl methyl sites for hydroxylation is 1. The Morgan fingerprint density at radius 2 is 2.10 bits per heavy atom. The van der Waals surface area contributed by atoms with Crippen LogP contribution in [-0.2, 0) is 20.7 Å². The van der Waals surface area contributed by atoms with E-state index in [1.165, 1.54) is 4.90 Å². The standard InChI is InChI=1S/C15H20N2O3/c1-3-11-17(12-15(19)20-4-2)14(18)6-5-13-7-9-16-10-8-13/h3,7-10H,1,4-6,11-12H2,2H3. The Hall–Kier alpha value is -2.17. The molecular weight excluding hydrogens is 256 g/mol. The average Bonchev–Trinajstić information content (AvgIpc) is 2.45. The SMILES string of the molecule is C=CCN(CC(=O)OCC)C(=O)CCc1ccncc1. The molecular formula is C15H20N2O3. The van der Waals surface area contributed by atoms with E-state index in [0.29, 0.717) is 26.0 Å². The lowest BCUT2D eigenvalue weighted by atomic mass is 10.1. The fourth-order valence-electron chi connectivity index (χ4n) is 1.73. The molecule has 1 heterocycles. The van der Waals surface area contributed by atoms with E-state index in [1.54, 1.807) is 25.4 Å². The molecule has 0 aliphatic rings. The maximum atomic E-state index is 12.1. The van der Waals surface area contributed by atoms with E-state index in [-0.39, 0.29) is 12.5 Å². The van der Waals surface area contributed by atoms with Gasteiger partial charge in [0.1, 0.15) is 6.54 Å². The van der Waals surface area contributed by atoms with Crippen molar-refractivity contribution in [2.75, 3.05) is 19.7 Å². The third kappa shape index (κ3) is 5.65. The lowest BCUT2D eigenvalue weighted by Crippen LogP contribution is -2.36. The number of esters is 1. The van der Waals surface area contributed by atoms with Gasteiger partial charge in [-0.05, 0) is 31.0 Å². The van der Waals surface area contributed by atoms with Crippen molar-refractivity contribution >= 4 is 11.9 Å². The molecule has 0 aliphatic heterocycles. The summed E-state index contributed by atoms with van der Waals surface area (Å²) < 4.78 is 4.86. The molecule has 1 rings (SSSR count). The third-order valence-electron chi connectivity index (χ3n) is 2.70. The summed E-state index contributed by atoms with van der Waals surface area (Å²) in [5.74, 6) is -0.485. The number of rotatable bonds is 8. The minimum atomic E-state index is -0.397. The normalized spacial score (nSPS) is 9.85. The number of carbonyl (C=O) groups excluding carboxylic acids is 2. The van der Waals surface area contributed by atoms with Gasteiger partial charge in [0.15, 0.2) is 0 Å². The number of hydrogen-bond acceptors (Lipinski definition) is 4. The van der Waals surface area contributed by atoms with Crippen LogP contribution < -0.4 is 0 Å². The van der Waals surface area contributed by atoms with Crippen LogP contribution in [-0.4, -0.2) is 41.5 Å². The quantitative estimate of drug-likeness (QED) is 0.534. The zero-order valence-electron chi connectivity index (χ0n) is 11.7. The third-order valence-corrected chi connectivity index (χ3v) is 2.70. The molecule has 0 saturated carbocycles. The van der Waals surface area contributed by atoms with Crippen LogP contribution in [0.4, 0.5) is 0 Å². The summed E-state index contributed by atoms with van der Waals surface area (Å²) in [6.07, 6.45) is 5.96. The van der Waals surface area contributed by atoms with Gasteiger partial charge in [-0.15, -0.1) is 6.58 Å². The van der Waals surface area contributed by atoms with Crippen LogP contribution in [0, 0.1) is 0 Å². The summed E-state index contributed by atoms with van der Waals surface area (Å²) in [6, 6.07) is 3.74. The summed E-state index contributed by atoms with van der Waals surface area (Å²) >= 11 is 0. The first-order valence-electron chi connectivity index (χ1n) is 6.60. The molecule has 0 aromatic carbocycles. The van der Waals surface area contributed by atoms with E-state index in [1.807, 2.05) is 12.1 Å². The largest absolute Gasteiger partial charge is 0.465 e. The van der Waals surface area contributed by atoms with Gasteiger partial charge in [-0.2, -0.15) is 0 Å². The van der Waals surface area contributed by atoms with Crippen LogP contribution in [0.3, 0.4) is 0 Å². The van der Waals surface area contributed by atoms with Gasteiger partial charge in [0.2, 0.25) is 5.91 Å². The van der Waals surface area contributed by atoms with Crippen LogP contribution in [0.15, 0.2) is 37.2 Å². The smallest absolute Gasteiger partial charge is 0.325 e. The molecule has 1 aromatic heterocycles. The van der Waals surface area contributed by atoms with Gasteiger partial charge in [-0.3, -0.25) is 14.6 Å². The Balaban J connectivity index is 2.51. The van der Waals surface area contributed by atoms with Crippen molar-refractivity contribution in [1.82, 2.24) is 9.88 Å². The fraction of sp³-hybridized carbons (Fsp3) is 0.400. The maximum Gasteiger partial charge on any atom is 0.325 e. The molecule has 20 heavy (non-hydrogen) atoms. The van der Waals surface area contributed by atoms with Crippen molar-refractivity contribution in [2.45, 2.75) is 19.8 Å². The number of hydrogen-bond donors (Lipinski definition) is 0. The van der Waals surface area contributed by atoms with Gasteiger partial charge in [0, 0.05) is 25.4 Å².